The minimum absolute atomic E-state index is 0.663. The number of aliphatic carboxylic acids is 1. The molecule has 1 aromatic rings. The number of carboxylic acids is 1. The molecule has 1 rings (SSSR count). The third kappa shape index (κ3) is 2.15. The van der Waals surface area contributed by atoms with E-state index in [1.54, 1.807) is 0 Å². The van der Waals surface area contributed by atoms with Gasteiger partial charge in [0.05, 0.1) is 0 Å². The van der Waals surface area contributed by atoms with Crippen molar-refractivity contribution in [3.05, 3.63) is 35.6 Å². The molecule has 3 nitrogen and oxygen atoms in total. The maximum absolute atomic E-state index is 13.1. The van der Waals surface area contributed by atoms with Crippen molar-refractivity contribution in [3.8, 4) is 0 Å². The van der Waals surface area contributed by atoms with Crippen molar-refractivity contribution in [1.82, 2.24) is 0 Å². The third-order valence-electron chi connectivity index (χ3n) is 1.69. The van der Waals surface area contributed by atoms with E-state index in [9.17, 15) is 22.8 Å². The predicted molar refractivity (Wildman–Crippen MR) is 42.9 cm³/mol. The first kappa shape index (κ1) is 11.2. The van der Waals surface area contributed by atoms with Crippen LogP contribution in [-0.4, -0.2) is 16.9 Å². The van der Waals surface area contributed by atoms with E-state index in [2.05, 4.69) is 0 Å². The van der Waals surface area contributed by atoms with Gasteiger partial charge in [-0.3, -0.25) is 4.79 Å². The van der Waals surface area contributed by atoms with E-state index in [0.717, 1.165) is 12.1 Å². The van der Waals surface area contributed by atoms with E-state index in [1.165, 1.54) is 0 Å². The summed E-state index contributed by atoms with van der Waals surface area (Å²) in [6.07, 6.45) is 0. The molecule has 0 heterocycles. The minimum Gasteiger partial charge on any atom is -0.475 e. The van der Waals surface area contributed by atoms with Gasteiger partial charge < -0.3 is 5.11 Å². The zero-order valence-electron chi connectivity index (χ0n) is 7.21. The Balaban J connectivity index is 3.10. The Morgan fingerprint density at radius 1 is 1.13 bits per heavy atom. The summed E-state index contributed by atoms with van der Waals surface area (Å²) in [5.41, 5.74) is -0.851. The van der Waals surface area contributed by atoms with Gasteiger partial charge in [0.25, 0.3) is 0 Å². The van der Waals surface area contributed by atoms with Crippen LogP contribution < -0.4 is 0 Å². The van der Waals surface area contributed by atoms with Crippen LogP contribution in [0.2, 0.25) is 0 Å². The fraction of sp³-hybridized carbons (Fsp3) is 0.111. The van der Waals surface area contributed by atoms with Crippen LogP contribution in [0.5, 0.6) is 0 Å². The summed E-state index contributed by atoms with van der Waals surface area (Å²) < 4.78 is 38.5. The van der Waals surface area contributed by atoms with E-state index >= 15 is 0 Å². The van der Waals surface area contributed by atoms with E-state index < -0.39 is 29.1 Å². The van der Waals surface area contributed by atoms with Crippen LogP contribution in [0.4, 0.5) is 13.2 Å². The maximum atomic E-state index is 13.1. The molecule has 0 saturated carbocycles. The molecule has 0 atom stereocenters. The summed E-state index contributed by atoms with van der Waals surface area (Å²) in [5, 5.41) is 8.13. The molecule has 0 bridgehead atoms. The van der Waals surface area contributed by atoms with Gasteiger partial charge in [-0.1, -0.05) is 0 Å². The van der Waals surface area contributed by atoms with Gasteiger partial charge in [0.2, 0.25) is 0 Å². The van der Waals surface area contributed by atoms with Crippen LogP contribution in [-0.2, 0) is 15.5 Å². The molecule has 0 saturated heterocycles. The van der Waals surface area contributed by atoms with E-state index in [1.807, 2.05) is 0 Å². The molecular weight excluding hydrogens is 213 g/mol. The molecular formula is C9H5F3O3. The average Bonchev–Trinajstić information content (AvgIpc) is 2.17. The van der Waals surface area contributed by atoms with Gasteiger partial charge >= 0.3 is 17.7 Å². The second-order valence-electron chi connectivity index (χ2n) is 2.72. The van der Waals surface area contributed by atoms with Crippen molar-refractivity contribution in [3.63, 3.8) is 0 Å². The topological polar surface area (TPSA) is 54.4 Å². The highest BCUT2D eigenvalue weighted by Gasteiger charge is 2.44. The maximum Gasteiger partial charge on any atom is 0.379 e. The molecule has 6 heteroatoms. The van der Waals surface area contributed by atoms with Crippen molar-refractivity contribution in [1.29, 1.82) is 0 Å². The number of benzene rings is 1. The number of carbonyl (C=O) groups is 2. The molecule has 80 valence electrons. The average molecular weight is 218 g/mol. The Kier molecular flexibility index (Phi) is 2.78. The molecule has 15 heavy (non-hydrogen) atoms. The molecule has 0 spiro atoms. The highest BCUT2D eigenvalue weighted by atomic mass is 19.3. The first-order valence-corrected chi connectivity index (χ1v) is 3.77. The van der Waals surface area contributed by atoms with Gasteiger partial charge in [-0.25, -0.2) is 9.18 Å². The number of ketones is 1. The summed E-state index contributed by atoms with van der Waals surface area (Å²) >= 11 is 0. The number of Topliss-reactive ketones (excluding diaryl/α,β-unsaturated/α-hetero) is 1. The van der Waals surface area contributed by atoms with Crippen molar-refractivity contribution in [2.75, 3.05) is 0 Å². The third-order valence-corrected chi connectivity index (χ3v) is 1.69. The number of hydrogen-bond acceptors (Lipinski definition) is 2. The van der Waals surface area contributed by atoms with Crippen LogP contribution in [0, 0.1) is 5.82 Å². The van der Waals surface area contributed by atoms with Crippen LogP contribution >= 0.6 is 0 Å². The smallest absolute Gasteiger partial charge is 0.379 e. The number of halogens is 3. The Morgan fingerprint density at radius 3 is 2.00 bits per heavy atom. The fourth-order valence-corrected chi connectivity index (χ4v) is 0.925. The standard InChI is InChI=1S/C9H5F3O3/c10-6-3-1-5(2-4-6)9(11,12)7(13)8(14)15/h1-4H,(H,14,15). The van der Waals surface area contributed by atoms with Crippen LogP contribution in [0.3, 0.4) is 0 Å². The summed E-state index contributed by atoms with van der Waals surface area (Å²) in [6, 6.07) is 2.77. The van der Waals surface area contributed by atoms with E-state index in [0.29, 0.717) is 12.1 Å². The summed E-state index contributed by atoms with van der Waals surface area (Å²) in [4.78, 5) is 20.7. The monoisotopic (exact) mass is 218 g/mol. The van der Waals surface area contributed by atoms with Crippen LogP contribution in [0.15, 0.2) is 24.3 Å². The molecule has 0 aromatic heterocycles. The van der Waals surface area contributed by atoms with E-state index in [-0.39, 0.29) is 0 Å². The Bertz CT molecular complexity index is 398. The quantitative estimate of drug-likeness (QED) is 0.783. The van der Waals surface area contributed by atoms with Gasteiger partial charge in [-0.05, 0) is 24.3 Å². The fourth-order valence-electron chi connectivity index (χ4n) is 0.925. The lowest BCUT2D eigenvalue weighted by molar-refractivity contribution is -0.163. The molecule has 0 fully saturated rings. The zero-order valence-corrected chi connectivity index (χ0v) is 7.21. The number of hydrogen-bond donors (Lipinski definition) is 1. The Labute approximate surface area is 82.1 Å². The van der Waals surface area contributed by atoms with Crippen LogP contribution in [0.1, 0.15) is 5.56 Å². The molecule has 0 amide bonds. The van der Waals surface area contributed by atoms with E-state index in [4.69, 9.17) is 5.11 Å². The van der Waals surface area contributed by atoms with Crippen molar-refractivity contribution in [2.45, 2.75) is 5.92 Å². The molecule has 0 radical (unpaired) electrons. The molecule has 1 N–H and O–H groups in total. The number of alkyl halides is 2. The van der Waals surface area contributed by atoms with Crippen molar-refractivity contribution in [2.24, 2.45) is 0 Å². The largest absolute Gasteiger partial charge is 0.475 e. The molecule has 1 aromatic carbocycles. The minimum atomic E-state index is -4.14. The Hall–Kier alpha value is -1.85. The number of rotatable bonds is 3. The zero-order chi connectivity index (χ0) is 11.6. The Morgan fingerprint density at radius 2 is 1.60 bits per heavy atom. The second-order valence-corrected chi connectivity index (χ2v) is 2.72. The van der Waals surface area contributed by atoms with Gasteiger partial charge in [0.15, 0.2) is 0 Å². The molecule has 0 aliphatic carbocycles. The normalized spacial score (nSPS) is 11.1. The lowest BCUT2D eigenvalue weighted by Crippen LogP contribution is -2.32. The van der Waals surface area contributed by atoms with Crippen molar-refractivity contribution < 1.29 is 27.9 Å². The summed E-state index contributed by atoms with van der Waals surface area (Å²) in [7, 11) is 0. The first-order valence-electron chi connectivity index (χ1n) is 3.77. The highest BCUT2D eigenvalue weighted by molar-refractivity contribution is 6.35. The van der Waals surface area contributed by atoms with Gasteiger partial charge in [-0.2, -0.15) is 8.78 Å². The lowest BCUT2D eigenvalue weighted by atomic mass is 10.0. The van der Waals surface area contributed by atoms with Crippen LogP contribution in [0.25, 0.3) is 0 Å². The van der Waals surface area contributed by atoms with Gasteiger partial charge in [0.1, 0.15) is 5.82 Å². The summed E-state index contributed by atoms with van der Waals surface area (Å²) in [6.45, 7) is 0. The van der Waals surface area contributed by atoms with Gasteiger partial charge in [-0.15, -0.1) is 0 Å². The summed E-state index contributed by atoms with van der Waals surface area (Å²) in [5.74, 6) is -9.37. The lowest BCUT2D eigenvalue weighted by Gasteiger charge is -2.12. The second kappa shape index (κ2) is 3.72. The van der Waals surface area contributed by atoms with Gasteiger partial charge in [0, 0.05) is 5.56 Å². The highest BCUT2D eigenvalue weighted by Crippen LogP contribution is 2.29. The number of carbonyl (C=O) groups excluding carboxylic acids is 1. The predicted octanol–water partition coefficient (Wildman–Crippen LogP) is 1.57. The first-order chi connectivity index (χ1) is 6.85. The number of carboxylic acid groups (broad SMARTS) is 1. The molecule has 0 unspecified atom stereocenters. The SMILES string of the molecule is O=C(O)C(=O)C(F)(F)c1ccc(F)cc1. The van der Waals surface area contributed by atoms with Crippen molar-refractivity contribution >= 4 is 11.8 Å². The molecule has 0 aliphatic rings. The molecule has 0 aliphatic heterocycles.